The van der Waals surface area contributed by atoms with Crippen LogP contribution in [0.15, 0.2) is 68.6 Å². The maximum atomic E-state index is 12.0. The van der Waals surface area contributed by atoms with Crippen LogP contribution in [0.5, 0.6) is 0 Å². The minimum Gasteiger partial charge on any atom is -0.376 e. The molecule has 132 valence electrons. The highest BCUT2D eigenvalue weighted by Crippen LogP contribution is 2.25. The molecule has 0 atom stereocenters. The molecule has 0 spiro atoms. The van der Waals surface area contributed by atoms with Gasteiger partial charge >= 0.3 is 0 Å². The molecule has 0 saturated carbocycles. The minimum absolute atomic E-state index is 0.145. The van der Waals surface area contributed by atoms with Crippen LogP contribution in [0.2, 0.25) is 0 Å². The number of carbonyl (C=O) groups is 1. The molecule has 2 N–H and O–H groups in total. The van der Waals surface area contributed by atoms with E-state index < -0.39 is 0 Å². The number of benzene rings is 3. The van der Waals surface area contributed by atoms with Crippen molar-refractivity contribution in [2.45, 2.75) is 6.92 Å². The van der Waals surface area contributed by atoms with Crippen molar-refractivity contribution < 1.29 is 4.79 Å². The third-order valence-corrected chi connectivity index (χ3v) is 5.58. The van der Waals surface area contributed by atoms with Gasteiger partial charge in [0, 0.05) is 20.0 Å². The Kier molecular flexibility index (Phi) is 6.06. The van der Waals surface area contributed by atoms with Crippen LogP contribution in [0.25, 0.3) is 10.8 Å². The molecule has 0 radical (unpaired) electrons. The van der Waals surface area contributed by atoms with Crippen LogP contribution in [0.3, 0.4) is 0 Å². The van der Waals surface area contributed by atoms with E-state index in [2.05, 4.69) is 47.7 Å². The Balaban J connectivity index is 1.59. The van der Waals surface area contributed by atoms with E-state index in [0.29, 0.717) is 0 Å². The Morgan fingerprint density at radius 1 is 1.08 bits per heavy atom. The summed E-state index contributed by atoms with van der Waals surface area (Å²) in [5, 5.41) is 9.40. The van der Waals surface area contributed by atoms with Crippen molar-refractivity contribution in [3.05, 3.63) is 74.7 Å². The fraction of sp³-hybridized carbons (Fsp3) is 0.100. The number of amides is 1. The van der Waals surface area contributed by atoms with E-state index in [9.17, 15) is 4.79 Å². The molecule has 3 aromatic carbocycles. The number of rotatable bonds is 5. The van der Waals surface area contributed by atoms with Gasteiger partial charge in [-0.2, -0.15) is 5.10 Å². The summed E-state index contributed by atoms with van der Waals surface area (Å²) in [6.45, 7) is 2.16. The molecular weight excluding hydrogens is 458 g/mol. The van der Waals surface area contributed by atoms with Gasteiger partial charge in [-0.3, -0.25) is 4.79 Å². The molecule has 0 fully saturated rings. The zero-order valence-corrected chi connectivity index (χ0v) is 17.3. The second-order valence-electron chi connectivity index (χ2n) is 5.78. The van der Waals surface area contributed by atoms with E-state index in [1.54, 1.807) is 6.21 Å². The second kappa shape index (κ2) is 8.47. The lowest BCUT2D eigenvalue weighted by atomic mass is 10.1. The maximum absolute atomic E-state index is 12.0. The number of nitrogens with one attached hydrogen (secondary N) is 2. The standard InChI is InChI=1S/C20H17Br2N3O/c1-13-17(21)9-14(10-18(13)22)11-24-25-20(26)12-23-19-8-4-6-15-5-2-3-7-16(15)19/h2-11,23H,12H2,1H3,(H,25,26)/b24-11-. The van der Waals surface area contributed by atoms with Gasteiger partial charge in [0.15, 0.2) is 0 Å². The Hall–Kier alpha value is -2.18. The molecule has 0 bridgehead atoms. The van der Waals surface area contributed by atoms with Crippen LogP contribution in [0.4, 0.5) is 5.69 Å². The number of carbonyl (C=O) groups excluding carboxylic acids is 1. The van der Waals surface area contributed by atoms with Crippen molar-refractivity contribution in [2.75, 3.05) is 11.9 Å². The van der Waals surface area contributed by atoms with Crippen LogP contribution in [0.1, 0.15) is 11.1 Å². The summed E-state index contributed by atoms with van der Waals surface area (Å²) in [7, 11) is 0. The number of hydrogen-bond donors (Lipinski definition) is 2. The van der Waals surface area contributed by atoms with Crippen molar-refractivity contribution in [2.24, 2.45) is 5.10 Å². The number of halogens is 2. The molecule has 0 unspecified atom stereocenters. The van der Waals surface area contributed by atoms with Crippen molar-refractivity contribution in [1.82, 2.24) is 5.43 Å². The monoisotopic (exact) mass is 473 g/mol. The van der Waals surface area contributed by atoms with E-state index in [1.807, 2.05) is 61.5 Å². The predicted molar refractivity (Wildman–Crippen MR) is 115 cm³/mol. The van der Waals surface area contributed by atoms with Crippen molar-refractivity contribution in [3.8, 4) is 0 Å². The van der Waals surface area contributed by atoms with Crippen molar-refractivity contribution >= 4 is 60.4 Å². The number of hydrogen-bond acceptors (Lipinski definition) is 3. The first-order valence-corrected chi connectivity index (χ1v) is 9.62. The highest BCUT2D eigenvalue weighted by atomic mass is 79.9. The van der Waals surface area contributed by atoms with Gasteiger partial charge in [0.1, 0.15) is 0 Å². The van der Waals surface area contributed by atoms with Crippen LogP contribution < -0.4 is 10.7 Å². The first kappa shape index (κ1) is 18.6. The van der Waals surface area contributed by atoms with E-state index in [0.717, 1.165) is 36.5 Å². The summed E-state index contributed by atoms with van der Waals surface area (Å²) in [4.78, 5) is 12.0. The van der Waals surface area contributed by atoms with Gasteiger partial charge in [0.05, 0.1) is 12.8 Å². The van der Waals surface area contributed by atoms with Crippen LogP contribution in [-0.4, -0.2) is 18.7 Å². The normalized spacial score (nSPS) is 11.0. The zero-order valence-electron chi connectivity index (χ0n) is 14.1. The summed E-state index contributed by atoms with van der Waals surface area (Å²) >= 11 is 7.00. The minimum atomic E-state index is -0.209. The van der Waals surface area contributed by atoms with Gasteiger partial charge in [-0.15, -0.1) is 0 Å². The van der Waals surface area contributed by atoms with Crippen molar-refractivity contribution in [3.63, 3.8) is 0 Å². The molecule has 26 heavy (non-hydrogen) atoms. The number of fused-ring (bicyclic) bond motifs is 1. The van der Waals surface area contributed by atoms with E-state index >= 15 is 0 Å². The topological polar surface area (TPSA) is 53.5 Å². The van der Waals surface area contributed by atoms with Crippen LogP contribution >= 0.6 is 31.9 Å². The van der Waals surface area contributed by atoms with E-state index in [4.69, 9.17) is 0 Å². The largest absolute Gasteiger partial charge is 0.376 e. The van der Waals surface area contributed by atoms with Gasteiger partial charge in [-0.25, -0.2) is 5.43 Å². The predicted octanol–water partition coefficient (Wildman–Crippen LogP) is 5.24. The third-order valence-electron chi connectivity index (χ3n) is 3.94. The molecule has 3 rings (SSSR count). The fourth-order valence-corrected chi connectivity index (χ4v) is 3.73. The van der Waals surface area contributed by atoms with Crippen LogP contribution in [-0.2, 0) is 4.79 Å². The maximum Gasteiger partial charge on any atom is 0.259 e. The summed E-state index contributed by atoms with van der Waals surface area (Å²) in [5.41, 5.74) is 5.47. The Labute approximate surface area is 168 Å². The first-order valence-electron chi connectivity index (χ1n) is 8.04. The highest BCUT2D eigenvalue weighted by molar-refractivity contribution is 9.11. The summed E-state index contributed by atoms with van der Waals surface area (Å²) in [5.74, 6) is -0.209. The average Bonchev–Trinajstić information content (AvgIpc) is 2.64. The SMILES string of the molecule is Cc1c(Br)cc(/C=N\NC(=O)CNc2cccc3ccccc23)cc1Br. The molecular formula is C20H17Br2N3O. The Bertz CT molecular complexity index is 957. The molecule has 0 aromatic heterocycles. The lowest BCUT2D eigenvalue weighted by Gasteiger charge is -2.09. The Morgan fingerprint density at radius 3 is 2.54 bits per heavy atom. The quantitative estimate of drug-likeness (QED) is 0.392. The highest BCUT2D eigenvalue weighted by Gasteiger charge is 2.04. The van der Waals surface area contributed by atoms with E-state index in [1.165, 1.54) is 0 Å². The lowest BCUT2D eigenvalue weighted by molar-refractivity contribution is -0.119. The average molecular weight is 475 g/mol. The zero-order chi connectivity index (χ0) is 18.5. The molecule has 0 aliphatic rings. The molecule has 1 amide bonds. The summed E-state index contributed by atoms with van der Waals surface area (Å²) in [6.07, 6.45) is 1.62. The van der Waals surface area contributed by atoms with Crippen molar-refractivity contribution in [1.29, 1.82) is 0 Å². The smallest absolute Gasteiger partial charge is 0.259 e. The molecule has 4 nitrogen and oxygen atoms in total. The first-order chi connectivity index (χ1) is 12.5. The van der Waals surface area contributed by atoms with Gasteiger partial charge < -0.3 is 5.32 Å². The molecule has 0 heterocycles. The van der Waals surface area contributed by atoms with Gasteiger partial charge in [-0.1, -0.05) is 68.3 Å². The van der Waals surface area contributed by atoms with Gasteiger partial charge in [0.2, 0.25) is 0 Å². The third kappa shape index (κ3) is 4.51. The van der Waals surface area contributed by atoms with Gasteiger partial charge in [-0.05, 0) is 41.6 Å². The molecule has 0 aliphatic carbocycles. The number of hydrazone groups is 1. The lowest BCUT2D eigenvalue weighted by Crippen LogP contribution is -2.25. The molecule has 0 aliphatic heterocycles. The Morgan fingerprint density at radius 2 is 1.77 bits per heavy atom. The second-order valence-corrected chi connectivity index (χ2v) is 7.49. The molecule has 0 saturated heterocycles. The molecule has 3 aromatic rings. The van der Waals surface area contributed by atoms with Gasteiger partial charge in [0.25, 0.3) is 5.91 Å². The summed E-state index contributed by atoms with van der Waals surface area (Å²) < 4.78 is 1.97. The number of nitrogens with zero attached hydrogens (tertiary/aromatic N) is 1. The fourth-order valence-electron chi connectivity index (χ4n) is 2.51. The summed E-state index contributed by atoms with van der Waals surface area (Å²) in [6, 6.07) is 17.9. The molecule has 6 heteroatoms. The number of anilines is 1. The van der Waals surface area contributed by atoms with E-state index in [-0.39, 0.29) is 12.5 Å². The van der Waals surface area contributed by atoms with Crippen LogP contribution in [0, 0.1) is 6.92 Å².